The van der Waals surface area contributed by atoms with E-state index < -0.39 is 8.07 Å². The summed E-state index contributed by atoms with van der Waals surface area (Å²) < 4.78 is 12.2. The largest absolute Gasteiger partial charge is 0.337 e. The molecule has 2 nitrogen and oxygen atoms in total. The molecule has 2 saturated heterocycles. The maximum Gasteiger partial charge on any atom is 0.222 e. The van der Waals surface area contributed by atoms with Crippen molar-refractivity contribution in [2.75, 3.05) is 0 Å². The van der Waals surface area contributed by atoms with Crippen molar-refractivity contribution >= 4 is 8.07 Å². The van der Waals surface area contributed by atoms with Gasteiger partial charge in [-0.25, -0.2) is 0 Å². The van der Waals surface area contributed by atoms with Crippen LogP contribution in [0.1, 0.15) is 46.5 Å². The standard InChI is InChI=1S/C14H28O2Si/c1-7-8-9-13(17(4,5)6)14(16-13)12(15-14)10-11(2)3/h11-12H,7-10H2,1-6H3/t12-,13-,14+/m1/s1. The van der Waals surface area contributed by atoms with Gasteiger partial charge in [0, 0.05) is 0 Å². The van der Waals surface area contributed by atoms with Crippen LogP contribution < -0.4 is 0 Å². The van der Waals surface area contributed by atoms with Gasteiger partial charge in [-0.15, -0.1) is 0 Å². The van der Waals surface area contributed by atoms with Crippen LogP contribution in [0.4, 0.5) is 0 Å². The second-order valence-corrected chi connectivity index (χ2v) is 12.5. The smallest absolute Gasteiger partial charge is 0.222 e. The summed E-state index contributed by atoms with van der Waals surface area (Å²) in [6, 6.07) is 0. The fourth-order valence-corrected chi connectivity index (χ4v) is 5.84. The highest BCUT2D eigenvalue weighted by Gasteiger charge is 2.87. The molecular formula is C14H28O2Si. The highest BCUT2D eigenvalue weighted by Crippen LogP contribution is 2.69. The van der Waals surface area contributed by atoms with Crippen molar-refractivity contribution < 1.29 is 9.47 Å². The van der Waals surface area contributed by atoms with Crippen molar-refractivity contribution in [1.29, 1.82) is 0 Å². The topological polar surface area (TPSA) is 25.1 Å². The Morgan fingerprint density at radius 2 is 1.88 bits per heavy atom. The number of ether oxygens (including phenoxy) is 2. The molecule has 2 aliphatic rings. The Hall–Kier alpha value is 0.137. The molecule has 0 bridgehead atoms. The van der Waals surface area contributed by atoms with E-state index in [-0.39, 0.29) is 11.0 Å². The highest BCUT2D eigenvalue weighted by molar-refractivity contribution is 6.80. The Morgan fingerprint density at radius 3 is 2.35 bits per heavy atom. The van der Waals surface area contributed by atoms with Crippen molar-refractivity contribution in [3.8, 4) is 0 Å². The second kappa shape index (κ2) is 4.07. The first-order chi connectivity index (χ1) is 7.79. The number of hydrogen-bond acceptors (Lipinski definition) is 2. The lowest BCUT2D eigenvalue weighted by Gasteiger charge is -2.25. The van der Waals surface area contributed by atoms with Gasteiger partial charge in [-0.3, -0.25) is 0 Å². The van der Waals surface area contributed by atoms with Gasteiger partial charge >= 0.3 is 0 Å². The molecule has 2 heterocycles. The van der Waals surface area contributed by atoms with Crippen LogP contribution in [-0.4, -0.2) is 25.2 Å². The van der Waals surface area contributed by atoms with E-state index in [1.54, 1.807) is 0 Å². The summed E-state index contributed by atoms with van der Waals surface area (Å²) in [4.78, 5) is 0. The van der Waals surface area contributed by atoms with Gasteiger partial charge in [0.05, 0.1) is 8.07 Å². The molecule has 2 rings (SSSR count). The molecule has 0 aromatic rings. The summed E-state index contributed by atoms with van der Waals surface area (Å²) >= 11 is 0. The van der Waals surface area contributed by atoms with E-state index in [9.17, 15) is 0 Å². The first-order valence-electron chi connectivity index (χ1n) is 7.17. The number of hydrogen-bond donors (Lipinski definition) is 0. The number of unbranched alkanes of at least 4 members (excludes halogenated alkanes) is 1. The SMILES string of the molecule is CCCC[C@]1([Si](C)(C)C)O[C@]12O[C@@H]2CC(C)C. The van der Waals surface area contributed by atoms with Crippen LogP contribution in [0.15, 0.2) is 0 Å². The molecule has 100 valence electrons. The third-order valence-electron chi connectivity index (χ3n) is 4.31. The summed E-state index contributed by atoms with van der Waals surface area (Å²) in [6.07, 6.45) is 5.25. The van der Waals surface area contributed by atoms with Crippen LogP contribution in [0.5, 0.6) is 0 Å². The third kappa shape index (κ3) is 2.00. The molecule has 0 aliphatic carbocycles. The summed E-state index contributed by atoms with van der Waals surface area (Å²) in [5.74, 6) is 0.561. The van der Waals surface area contributed by atoms with E-state index in [0.29, 0.717) is 12.0 Å². The number of epoxide rings is 2. The molecule has 0 aromatic carbocycles. The molecule has 3 heteroatoms. The Labute approximate surface area is 107 Å². The first-order valence-corrected chi connectivity index (χ1v) is 10.7. The Kier molecular flexibility index (Phi) is 3.25. The quantitative estimate of drug-likeness (QED) is 0.531. The first kappa shape index (κ1) is 13.6. The Balaban J connectivity index is 2.04. The van der Waals surface area contributed by atoms with E-state index in [4.69, 9.17) is 9.47 Å². The van der Waals surface area contributed by atoms with Crippen LogP contribution >= 0.6 is 0 Å². The summed E-state index contributed by atoms with van der Waals surface area (Å²) in [5, 5.41) is 0.121. The predicted octanol–water partition coefficient (Wildman–Crippen LogP) is 3.96. The van der Waals surface area contributed by atoms with E-state index in [1.807, 2.05) is 0 Å². The Bertz CT molecular complexity index is 297. The van der Waals surface area contributed by atoms with Gasteiger partial charge in [-0.2, -0.15) is 0 Å². The maximum atomic E-state index is 6.22. The van der Waals surface area contributed by atoms with E-state index in [1.165, 1.54) is 19.3 Å². The molecule has 0 unspecified atom stereocenters. The van der Waals surface area contributed by atoms with Crippen LogP contribution in [0.25, 0.3) is 0 Å². The normalized spacial score (nSPS) is 40.1. The predicted molar refractivity (Wildman–Crippen MR) is 73.7 cm³/mol. The van der Waals surface area contributed by atoms with Gasteiger partial charge in [0.15, 0.2) is 0 Å². The Morgan fingerprint density at radius 1 is 1.24 bits per heavy atom. The van der Waals surface area contributed by atoms with Crippen molar-refractivity contribution in [2.45, 2.75) is 83.2 Å². The number of rotatable bonds is 6. The minimum atomic E-state index is -1.32. The lowest BCUT2D eigenvalue weighted by atomic mass is 10.0. The molecule has 2 aliphatic heterocycles. The van der Waals surface area contributed by atoms with Gasteiger partial charge in [-0.05, 0) is 18.8 Å². The van der Waals surface area contributed by atoms with Gasteiger partial charge in [0.1, 0.15) is 11.3 Å². The van der Waals surface area contributed by atoms with E-state index >= 15 is 0 Å². The molecule has 0 saturated carbocycles. The zero-order valence-corrected chi connectivity index (χ0v) is 13.3. The molecule has 0 aromatic heterocycles. The monoisotopic (exact) mass is 256 g/mol. The van der Waals surface area contributed by atoms with Crippen molar-refractivity contribution in [1.82, 2.24) is 0 Å². The molecule has 17 heavy (non-hydrogen) atoms. The van der Waals surface area contributed by atoms with Crippen LogP contribution in [0.2, 0.25) is 19.6 Å². The molecule has 3 atom stereocenters. The third-order valence-corrected chi connectivity index (χ3v) is 7.43. The maximum absolute atomic E-state index is 6.22. The summed E-state index contributed by atoms with van der Waals surface area (Å²) in [7, 11) is -1.32. The van der Waals surface area contributed by atoms with Gasteiger partial charge in [-0.1, -0.05) is 53.3 Å². The lowest BCUT2D eigenvalue weighted by Crippen LogP contribution is -2.45. The van der Waals surface area contributed by atoms with Gasteiger partial charge in [0.2, 0.25) is 5.79 Å². The minimum absolute atomic E-state index is 0.121. The average molecular weight is 256 g/mol. The van der Waals surface area contributed by atoms with E-state index in [0.717, 1.165) is 6.42 Å². The van der Waals surface area contributed by atoms with Crippen molar-refractivity contribution in [3.05, 3.63) is 0 Å². The van der Waals surface area contributed by atoms with E-state index in [2.05, 4.69) is 40.4 Å². The molecular weight excluding hydrogens is 228 g/mol. The van der Waals surface area contributed by atoms with Crippen LogP contribution in [-0.2, 0) is 9.47 Å². The van der Waals surface area contributed by atoms with Crippen LogP contribution in [0, 0.1) is 5.92 Å². The van der Waals surface area contributed by atoms with Gasteiger partial charge < -0.3 is 9.47 Å². The summed E-state index contributed by atoms with van der Waals surface area (Å²) in [6.45, 7) is 14.1. The van der Waals surface area contributed by atoms with Gasteiger partial charge in [0.25, 0.3) is 0 Å². The molecule has 0 radical (unpaired) electrons. The summed E-state index contributed by atoms with van der Waals surface area (Å²) in [5.41, 5.74) is 0. The molecule has 2 fully saturated rings. The molecule has 0 amide bonds. The molecule has 1 spiro atoms. The zero-order valence-electron chi connectivity index (χ0n) is 12.3. The van der Waals surface area contributed by atoms with Crippen molar-refractivity contribution in [2.24, 2.45) is 5.92 Å². The lowest BCUT2D eigenvalue weighted by molar-refractivity contribution is 0.241. The highest BCUT2D eigenvalue weighted by atomic mass is 28.3. The molecule has 0 N–H and O–H groups in total. The fraction of sp³-hybridized carbons (Fsp3) is 1.00. The zero-order chi connectivity index (χ0) is 12.9. The average Bonchev–Trinajstić information content (AvgIpc) is 3.01. The fourth-order valence-electron chi connectivity index (χ4n) is 3.19. The minimum Gasteiger partial charge on any atom is -0.337 e. The second-order valence-electron chi connectivity index (χ2n) is 7.19. The van der Waals surface area contributed by atoms with Crippen LogP contribution in [0.3, 0.4) is 0 Å². The van der Waals surface area contributed by atoms with Crippen molar-refractivity contribution in [3.63, 3.8) is 0 Å².